The summed E-state index contributed by atoms with van der Waals surface area (Å²) in [5.41, 5.74) is 0.397. The van der Waals surface area contributed by atoms with Gasteiger partial charge < -0.3 is 10.2 Å². The predicted octanol–water partition coefficient (Wildman–Crippen LogP) is 1.98. The first kappa shape index (κ1) is 9.81. The summed E-state index contributed by atoms with van der Waals surface area (Å²) in [6, 6.07) is 0.143. The third-order valence-corrected chi connectivity index (χ3v) is 3.55. The van der Waals surface area contributed by atoms with E-state index in [4.69, 9.17) is 0 Å². The van der Waals surface area contributed by atoms with Crippen LogP contribution in [-0.2, 0) is 0 Å². The summed E-state index contributed by atoms with van der Waals surface area (Å²) in [5, 5.41) is 2.91. The van der Waals surface area contributed by atoms with E-state index in [-0.39, 0.29) is 6.03 Å². The van der Waals surface area contributed by atoms with Crippen molar-refractivity contribution in [2.75, 3.05) is 19.6 Å². The second kappa shape index (κ2) is 3.79. The second-order valence-electron chi connectivity index (χ2n) is 5.02. The molecule has 0 unspecified atom stereocenters. The van der Waals surface area contributed by atoms with Gasteiger partial charge in [0.1, 0.15) is 0 Å². The Labute approximate surface area is 85.8 Å². The number of rotatable bonds is 2. The molecule has 0 radical (unpaired) electrons. The lowest BCUT2D eigenvalue weighted by Gasteiger charge is -2.34. The minimum atomic E-state index is 0.143. The Morgan fingerprint density at radius 1 is 1.36 bits per heavy atom. The van der Waals surface area contributed by atoms with Crippen molar-refractivity contribution in [3.05, 3.63) is 0 Å². The SMILES string of the molecule is CC1(CN2CCCNC2=O)CCCC1. The molecule has 1 saturated heterocycles. The van der Waals surface area contributed by atoms with Gasteiger partial charge in [0.15, 0.2) is 0 Å². The van der Waals surface area contributed by atoms with E-state index in [1.807, 2.05) is 4.90 Å². The molecular weight excluding hydrogens is 176 g/mol. The van der Waals surface area contributed by atoms with Crippen LogP contribution in [0.15, 0.2) is 0 Å². The molecule has 2 fully saturated rings. The fourth-order valence-corrected chi connectivity index (χ4v) is 2.68. The van der Waals surface area contributed by atoms with Gasteiger partial charge >= 0.3 is 6.03 Å². The van der Waals surface area contributed by atoms with E-state index in [0.29, 0.717) is 5.41 Å². The largest absolute Gasteiger partial charge is 0.338 e. The average Bonchev–Trinajstić information content (AvgIpc) is 2.57. The Balaban J connectivity index is 1.91. The first-order valence-electron chi connectivity index (χ1n) is 5.72. The third kappa shape index (κ3) is 2.02. The maximum Gasteiger partial charge on any atom is 0.317 e. The first-order chi connectivity index (χ1) is 6.70. The zero-order valence-corrected chi connectivity index (χ0v) is 9.01. The van der Waals surface area contributed by atoms with E-state index >= 15 is 0 Å². The Morgan fingerprint density at radius 3 is 2.71 bits per heavy atom. The number of nitrogens with one attached hydrogen (secondary N) is 1. The van der Waals surface area contributed by atoms with Gasteiger partial charge in [-0.05, 0) is 24.7 Å². The van der Waals surface area contributed by atoms with Crippen molar-refractivity contribution in [1.82, 2.24) is 10.2 Å². The molecule has 1 heterocycles. The summed E-state index contributed by atoms with van der Waals surface area (Å²) >= 11 is 0. The molecule has 0 atom stereocenters. The highest BCUT2D eigenvalue weighted by Crippen LogP contribution is 2.38. The second-order valence-corrected chi connectivity index (χ2v) is 5.02. The van der Waals surface area contributed by atoms with Crippen molar-refractivity contribution < 1.29 is 4.79 Å². The van der Waals surface area contributed by atoms with Gasteiger partial charge in [-0.3, -0.25) is 0 Å². The maximum atomic E-state index is 11.5. The zero-order valence-electron chi connectivity index (χ0n) is 9.01. The van der Waals surface area contributed by atoms with E-state index in [1.165, 1.54) is 25.7 Å². The summed E-state index contributed by atoms with van der Waals surface area (Å²) < 4.78 is 0. The average molecular weight is 196 g/mol. The molecule has 0 spiro atoms. The van der Waals surface area contributed by atoms with Gasteiger partial charge in [0, 0.05) is 19.6 Å². The summed E-state index contributed by atoms with van der Waals surface area (Å²) in [5.74, 6) is 0. The highest BCUT2D eigenvalue weighted by Gasteiger charge is 2.32. The summed E-state index contributed by atoms with van der Waals surface area (Å²) in [7, 11) is 0. The first-order valence-corrected chi connectivity index (χ1v) is 5.72. The number of carbonyl (C=O) groups is 1. The minimum absolute atomic E-state index is 0.143. The van der Waals surface area contributed by atoms with E-state index in [2.05, 4.69) is 12.2 Å². The van der Waals surface area contributed by atoms with Crippen molar-refractivity contribution in [3.8, 4) is 0 Å². The van der Waals surface area contributed by atoms with Crippen LogP contribution in [0.1, 0.15) is 39.0 Å². The van der Waals surface area contributed by atoms with Gasteiger partial charge in [-0.25, -0.2) is 4.79 Å². The fourth-order valence-electron chi connectivity index (χ4n) is 2.68. The highest BCUT2D eigenvalue weighted by atomic mass is 16.2. The monoisotopic (exact) mass is 196 g/mol. The predicted molar refractivity (Wildman–Crippen MR) is 56.2 cm³/mol. The molecule has 0 aromatic carbocycles. The Hall–Kier alpha value is -0.730. The van der Waals surface area contributed by atoms with Gasteiger partial charge in [0.05, 0.1) is 0 Å². The van der Waals surface area contributed by atoms with Gasteiger partial charge in [-0.2, -0.15) is 0 Å². The van der Waals surface area contributed by atoms with Crippen molar-refractivity contribution in [2.24, 2.45) is 5.41 Å². The van der Waals surface area contributed by atoms with Crippen LogP contribution in [0.25, 0.3) is 0 Å². The summed E-state index contributed by atoms with van der Waals surface area (Å²) in [6.07, 6.45) is 6.35. The molecule has 1 N–H and O–H groups in total. The molecular formula is C11H20N2O. The molecule has 2 aliphatic rings. The zero-order chi connectivity index (χ0) is 10.0. The van der Waals surface area contributed by atoms with Crippen LogP contribution >= 0.6 is 0 Å². The van der Waals surface area contributed by atoms with Crippen LogP contribution in [0.3, 0.4) is 0 Å². The third-order valence-electron chi connectivity index (χ3n) is 3.55. The molecule has 0 aromatic rings. The molecule has 0 aromatic heterocycles. The number of amides is 2. The fraction of sp³-hybridized carbons (Fsp3) is 0.909. The van der Waals surface area contributed by atoms with E-state index < -0.39 is 0 Å². The molecule has 0 bridgehead atoms. The number of hydrogen-bond acceptors (Lipinski definition) is 1. The molecule has 80 valence electrons. The Kier molecular flexibility index (Phi) is 2.66. The van der Waals surface area contributed by atoms with Crippen molar-refractivity contribution >= 4 is 6.03 Å². The Morgan fingerprint density at radius 2 is 2.07 bits per heavy atom. The van der Waals surface area contributed by atoms with Crippen molar-refractivity contribution in [3.63, 3.8) is 0 Å². The quantitative estimate of drug-likeness (QED) is 0.719. The van der Waals surface area contributed by atoms with E-state index in [1.54, 1.807) is 0 Å². The molecule has 2 rings (SSSR count). The van der Waals surface area contributed by atoms with Gasteiger partial charge in [0.25, 0.3) is 0 Å². The van der Waals surface area contributed by atoms with Gasteiger partial charge in [-0.15, -0.1) is 0 Å². The van der Waals surface area contributed by atoms with Crippen LogP contribution in [0.4, 0.5) is 4.79 Å². The van der Waals surface area contributed by atoms with Gasteiger partial charge in [0.2, 0.25) is 0 Å². The molecule has 1 aliphatic carbocycles. The lowest BCUT2D eigenvalue weighted by Crippen LogP contribution is -2.49. The molecule has 3 heteroatoms. The van der Waals surface area contributed by atoms with Crippen LogP contribution in [0.5, 0.6) is 0 Å². The Bertz CT molecular complexity index is 221. The van der Waals surface area contributed by atoms with E-state index in [9.17, 15) is 4.79 Å². The van der Waals surface area contributed by atoms with Crippen LogP contribution in [0.2, 0.25) is 0 Å². The lowest BCUT2D eigenvalue weighted by molar-refractivity contribution is 0.150. The van der Waals surface area contributed by atoms with Gasteiger partial charge in [-0.1, -0.05) is 19.8 Å². The highest BCUT2D eigenvalue weighted by molar-refractivity contribution is 5.74. The molecule has 3 nitrogen and oxygen atoms in total. The number of urea groups is 1. The van der Waals surface area contributed by atoms with Crippen LogP contribution in [0, 0.1) is 5.41 Å². The van der Waals surface area contributed by atoms with Crippen LogP contribution < -0.4 is 5.32 Å². The number of hydrogen-bond donors (Lipinski definition) is 1. The smallest absolute Gasteiger partial charge is 0.317 e. The number of nitrogens with zero attached hydrogens (tertiary/aromatic N) is 1. The minimum Gasteiger partial charge on any atom is -0.338 e. The molecule has 1 aliphatic heterocycles. The molecule has 1 saturated carbocycles. The lowest BCUT2D eigenvalue weighted by atomic mass is 9.88. The number of carbonyl (C=O) groups excluding carboxylic acids is 1. The van der Waals surface area contributed by atoms with Crippen molar-refractivity contribution in [2.45, 2.75) is 39.0 Å². The maximum absolute atomic E-state index is 11.5. The molecule has 2 amide bonds. The van der Waals surface area contributed by atoms with Crippen molar-refractivity contribution in [1.29, 1.82) is 0 Å². The van der Waals surface area contributed by atoms with E-state index in [0.717, 1.165) is 26.1 Å². The summed E-state index contributed by atoms with van der Waals surface area (Å²) in [6.45, 7) is 5.08. The van der Waals surface area contributed by atoms with Crippen LogP contribution in [-0.4, -0.2) is 30.6 Å². The topological polar surface area (TPSA) is 32.3 Å². The molecule has 14 heavy (non-hydrogen) atoms. The standard InChI is InChI=1S/C11H20N2O/c1-11(5-2-3-6-11)9-13-8-4-7-12-10(13)14/h2-9H2,1H3,(H,12,14). The summed E-state index contributed by atoms with van der Waals surface area (Å²) in [4.78, 5) is 13.5. The normalized spacial score (nSPS) is 26.4.